The van der Waals surface area contributed by atoms with Crippen molar-refractivity contribution in [3.8, 4) is 0 Å². The van der Waals surface area contributed by atoms with Crippen molar-refractivity contribution in [1.29, 1.82) is 0 Å². The Hall–Kier alpha value is -2.67. The van der Waals surface area contributed by atoms with Crippen molar-refractivity contribution >= 4 is 11.4 Å². The predicted octanol–water partition coefficient (Wildman–Crippen LogP) is 3.01. The van der Waals surface area contributed by atoms with Crippen LogP contribution in [0, 0.1) is 11.6 Å². The van der Waals surface area contributed by atoms with E-state index in [4.69, 9.17) is 5.73 Å². The fourth-order valence-electron chi connectivity index (χ4n) is 2.51. The van der Waals surface area contributed by atoms with Crippen LogP contribution in [0.3, 0.4) is 0 Å². The molecule has 7 heteroatoms. The van der Waals surface area contributed by atoms with E-state index in [1.807, 2.05) is 13.8 Å². The van der Waals surface area contributed by atoms with Crippen molar-refractivity contribution in [2.45, 2.75) is 25.8 Å². The first-order valence-electron chi connectivity index (χ1n) is 7.48. The minimum Gasteiger partial charge on any atom is -0.317 e. The van der Waals surface area contributed by atoms with Gasteiger partial charge in [-0.15, -0.1) is 10.2 Å². The number of rotatable bonds is 4. The van der Waals surface area contributed by atoms with Crippen LogP contribution in [0.1, 0.15) is 47.6 Å². The second kappa shape index (κ2) is 6.09. The Morgan fingerprint density at radius 1 is 1.17 bits per heavy atom. The van der Waals surface area contributed by atoms with Gasteiger partial charge in [-0.3, -0.25) is 9.20 Å². The van der Waals surface area contributed by atoms with Crippen molar-refractivity contribution in [1.82, 2.24) is 14.6 Å². The van der Waals surface area contributed by atoms with Crippen LogP contribution in [0.4, 0.5) is 8.78 Å². The number of fused-ring (bicyclic) bond motifs is 1. The molecule has 3 rings (SSSR count). The Balaban J connectivity index is 1.99. The lowest BCUT2D eigenvalue weighted by atomic mass is 9.99. The molecule has 2 heterocycles. The molecular weight excluding hydrogens is 314 g/mol. The minimum atomic E-state index is -1.07. The number of nitrogens with zero attached hydrogens (tertiary/aromatic N) is 3. The predicted molar refractivity (Wildman–Crippen MR) is 84.7 cm³/mol. The van der Waals surface area contributed by atoms with Crippen molar-refractivity contribution in [3.63, 3.8) is 0 Å². The number of carbonyl (C=O) groups is 1. The highest BCUT2D eigenvalue weighted by Crippen LogP contribution is 2.21. The highest BCUT2D eigenvalue weighted by molar-refractivity contribution is 6.00. The number of halogens is 2. The fourth-order valence-corrected chi connectivity index (χ4v) is 2.51. The van der Waals surface area contributed by atoms with Crippen molar-refractivity contribution in [2.75, 3.05) is 0 Å². The Morgan fingerprint density at radius 2 is 1.92 bits per heavy atom. The van der Waals surface area contributed by atoms with Crippen molar-refractivity contribution in [2.24, 2.45) is 5.73 Å². The summed E-state index contributed by atoms with van der Waals surface area (Å²) in [6.07, 6.45) is 1.68. The monoisotopic (exact) mass is 330 g/mol. The maximum atomic E-state index is 13.8. The molecule has 2 aromatic heterocycles. The number of ketones is 1. The van der Waals surface area contributed by atoms with E-state index in [1.165, 1.54) is 0 Å². The Kier molecular flexibility index (Phi) is 4.11. The lowest BCUT2D eigenvalue weighted by Crippen LogP contribution is -2.23. The smallest absolute Gasteiger partial charge is 0.187 e. The Morgan fingerprint density at radius 3 is 2.58 bits per heavy atom. The number of pyridine rings is 1. The van der Waals surface area contributed by atoms with E-state index < -0.39 is 23.5 Å². The van der Waals surface area contributed by atoms with Crippen LogP contribution in [0.15, 0.2) is 36.5 Å². The SMILES string of the molecule is CC(C)c1nnc2ccc(C(N)C(=O)c3ccc(F)cc3F)cn12. The van der Waals surface area contributed by atoms with Crippen LogP contribution in [-0.2, 0) is 0 Å². The molecule has 5 nitrogen and oxygen atoms in total. The molecule has 0 bridgehead atoms. The first kappa shape index (κ1) is 16.2. The largest absolute Gasteiger partial charge is 0.317 e. The van der Waals surface area contributed by atoms with Gasteiger partial charge in [0.25, 0.3) is 0 Å². The molecule has 0 saturated carbocycles. The van der Waals surface area contributed by atoms with E-state index in [0.29, 0.717) is 17.3 Å². The van der Waals surface area contributed by atoms with Crippen molar-refractivity contribution < 1.29 is 13.6 Å². The molecule has 0 aliphatic rings. The molecule has 0 amide bonds. The highest BCUT2D eigenvalue weighted by Gasteiger charge is 2.22. The van der Waals surface area contributed by atoms with Crippen LogP contribution >= 0.6 is 0 Å². The molecule has 1 unspecified atom stereocenters. The van der Waals surface area contributed by atoms with Crippen LogP contribution in [0.5, 0.6) is 0 Å². The molecule has 1 aromatic carbocycles. The maximum absolute atomic E-state index is 13.8. The summed E-state index contributed by atoms with van der Waals surface area (Å²) < 4.78 is 28.6. The average molecular weight is 330 g/mol. The molecule has 0 saturated heterocycles. The maximum Gasteiger partial charge on any atom is 0.187 e. The molecule has 0 aliphatic carbocycles. The third-order valence-corrected chi connectivity index (χ3v) is 3.81. The number of aromatic nitrogens is 3. The summed E-state index contributed by atoms with van der Waals surface area (Å²) in [6, 6.07) is 5.07. The Labute approximate surface area is 137 Å². The molecule has 124 valence electrons. The van der Waals surface area contributed by atoms with Gasteiger partial charge in [-0.1, -0.05) is 19.9 Å². The van der Waals surface area contributed by atoms with Gasteiger partial charge in [-0.05, 0) is 23.8 Å². The molecule has 1 atom stereocenters. The van der Waals surface area contributed by atoms with Crippen LogP contribution in [0.2, 0.25) is 0 Å². The lowest BCUT2D eigenvalue weighted by Gasteiger charge is -2.13. The van der Waals surface area contributed by atoms with E-state index in [-0.39, 0.29) is 11.5 Å². The van der Waals surface area contributed by atoms with Gasteiger partial charge in [0.2, 0.25) is 0 Å². The summed E-state index contributed by atoms with van der Waals surface area (Å²) in [7, 11) is 0. The molecule has 0 aliphatic heterocycles. The summed E-state index contributed by atoms with van der Waals surface area (Å²) in [6.45, 7) is 3.95. The molecule has 0 spiro atoms. The number of carbonyl (C=O) groups excluding carboxylic acids is 1. The van der Waals surface area contributed by atoms with E-state index >= 15 is 0 Å². The lowest BCUT2D eigenvalue weighted by molar-refractivity contribution is 0.0957. The number of benzene rings is 1. The van der Waals surface area contributed by atoms with Crippen LogP contribution in [-0.4, -0.2) is 20.4 Å². The van der Waals surface area contributed by atoms with Crippen LogP contribution in [0.25, 0.3) is 5.65 Å². The normalized spacial score (nSPS) is 12.8. The second-order valence-electron chi connectivity index (χ2n) is 5.87. The van der Waals surface area contributed by atoms with Gasteiger partial charge in [0.1, 0.15) is 17.5 Å². The molecule has 0 fully saturated rings. The zero-order valence-corrected chi connectivity index (χ0v) is 13.2. The van der Waals surface area contributed by atoms with Crippen LogP contribution < -0.4 is 5.73 Å². The van der Waals surface area contributed by atoms with Gasteiger partial charge in [-0.2, -0.15) is 0 Å². The van der Waals surface area contributed by atoms with Gasteiger partial charge in [-0.25, -0.2) is 8.78 Å². The van der Waals surface area contributed by atoms with E-state index in [0.717, 1.165) is 18.0 Å². The molecular formula is C17H16F2N4O. The zero-order valence-electron chi connectivity index (χ0n) is 13.2. The van der Waals surface area contributed by atoms with E-state index in [9.17, 15) is 13.6 Å². The molecule has 3 aromatic rings. The second-order valence-corrected chi connectivity index (χ2v) is 5.87. The van der Waals surface area contributed by atoms with Crippen molar-refractivity contribution in [3.05, 3.63) is 65.1 Å². The fraction of sp³-hybridized carbons (Fsp3) is 0.235. The summed E-state index contributed by atoms with van der Waals surface area (Å²) in [5.74, 6) is -1.42. The summed E-state index contributed by atoms with van der Waals surface area (Å²) in [5.41, 5.74) is 6.89. The quantitative estimate of drug-likeness (QED) is 0.746. The molecule has 0 radical (unpaired) electrons. The first-order valence-corrected chi connectivity index (χ1v) is 7.48. The minimum absolute atomic E-state index is 0.136. The van der Waals surface area contributed by atoms with Gasteiger partial charge in [0, 0.05) is 18.2 Å². The Bertz CT molecular complexity index is 920. The van der Waals surface area contributed by atoms with E-state index in [2.05, 4.69) is 10.2 Å². The van der Waals surface area contributed by atoms with E-state index in [1.54, 1.807) is 22.7 Å². The standard InChI is InChI=1S/C17H16F2N4O/c1-9(2)17-22-21-14-6-3-10(8-23(14)17)15(20)16(24)12-5-4-11(18)7-13(12)19/h3-9,15H,20H2,1-2H3. The topological polar surface area (TPSA) is 73.3 Å². The van der Waals surface area contributed by atoms with Gasteiger partial charge in [0.15, 0.2) is 11.4 Å². The third-order valence-electron chi connectivity index (χ3n) is 3.81. The summed E-state index contributed by atoms with van der Waals surface area (Å²) in [4.78, 5) is 12.4. The highest BCUT2D eigenvalue weighted by atomic mass is 19.1. The van der Waals surface area contributed by atoms with Gasteiger partial charge < -0.3 is 5.73 Å². The average Bonchev–Trinajstić information content (AvgIpc) is 2.96. The number of nitrogens with two attached hydrogens (primary N) is 1. The van der Waals surface area contributed by atoms with Gasteiger partial charge in [0.05, 0.1) is 11.6 Å². The zero-order chi connectivity index (χ0) is 17.4. The number of Topliss-reactive ketones (excluding diaryl/α,β-unsaturated/α-hetero) is 1. The first-order chi connectivity index (χ1) is 11.4. The third kappa shape index (κ3) is 2.78. The number of hydrogen-bond acceptors (Lipinski definition) is 4. The molecule has 24 heavy (non-hydrogen) atoms. The summed E-state index contributed by atoms with van der Waals surface area (Å²) >= 11 is 0. The molecule has 2 N–H and O–H groups in total. The number of hydrogen-bond donors (Lipinski definition) is 1. The summed E-state index contributed by atoms with van der Waals surface area (Å²) in [5, 5.41) is 8.16. The van der Waals surface area contributed by atoms with Gasteiger partial charge >= 0.3 is 0 Å².